The molecule has 1 aliphatic carbocycles. The minimum absolute atomic E-state index is 0.152. The molecule has 4 atom stereocenters. The molecule has 1 saturated carbocycles. The van der Waals surface area contributed by atoms with Crippen molar-refractivity contribution in [2.75, 3.05) is 6.61 Å². The molecule has 0 aromatic rings. The van der Waals surface area contributed by atoms with Crippen LogP contribution in [0, 0.1) is 23.7 Å². The van der Waals surface area contributed by atoms with Gasteiger partial charge in [0.1, 0.15) is 6.10 Å². The molecule has 0 heterocycles. The van der Waals surface area contributed by atoms with Crippen molar-refractivity contribution in [2.45, 2.75) is 72.8 Å². The lowest BCUT2D eigenvalue weighted by molar-refractivity contribution is -0.169. The first-order valence-electron chi connectivity index (χ1n) is 9.34. The van der Waals surface area contributed by atoms with Crippen LogP contribution in [0.5, 0.6) is 0 Å². The summed E-state index contributed by atoms with van der Waals surface area (Å²) in [6, 6.07) is 0. The van der Waals surface area contributed by atoms with E-state index in [1.54, 1.807) is 13.8 Å². The molecule has 0 spiro atoms. The SMILES string of the molecule is CCOC(=O)C(CC/C(C)=N/O)C(=O)O[C@@H]1C[C@H](C)CC[C@H]1C(C)C. The van der Waals surface area contributed by atoms with Crippen molar-refractivity contribution < 1.29 is 24.3 Å². The maximum absolute atomic E-state index is 12.7. The minimum Gasteiger partial charge on any atom is -0.465 e. The van der Waals surface area contributed by atoms with Crippen molar-refractivity contribution in [3.05, 3.63) is 0 Å². The Morgan fingerprint density at radius 1 is 1.24 bits per heavy atom. The average molecular weight is 355 g/mol. The number of hydrogen-bond acceptors (Lipinski definition) is 6. The van der Waals surface area contributed by atoms with E-state index in [4.69, 9.17) is 14.7 Å². The summed E-state index contributed by atoms with van der Waals surface area (Å²) in [7, 11) is 0. The molecule has 0 aromatic heterocycles. The highest BCUT2D eigenvalue weighted by Gasteiger charge is 2.37. The highest BCUT2D eigenvalue weighted by atomic mass is 16.6. The summed E-state index contributed by atoms with van der Waals surface area (Å²) in [6.45, 7) is 10.0. The number of carbonyl (C=O) groups excluding carboxylic acids is 2. The fraction of sp³-hybridized carbons (Fsp3) is 0.842. The van der Waals surface area contributed by atoms with Crippen LogP contribution in [0.3, 0.4) is 0 Å². The van der Waals surface area contributed by atoms with E-state index >= 15 is 0 Å². The predicted octanol–water partition coefficient (Wildman–Crippen LogP) is 3.80. The van der Waals surface area contributed by atoms with Gasteiger partial charge in [-0.2, -0.15) is 0 Å². The van der Waals surface area contributed by atoms with E-state index in [0.29, 0.717) is 29.9 Å². The summed E-state index contributed by atoms with van der Waals surface area (Å²) in [5.74, 6) is -0.796. The quantitative estimate of drug-likeness (QED) is 0.235. The Kier molecular flexibility index (Phi) is 8.93. The van der Waals surface area contributed by atoms with E-state index < -0.39 is 17.9 Å². The van der Waals surface area contributed by atoms with Crippen molar-refractivity contribution in [1.82, 2.24) is 0 Å². The Hall–Kier alpha value is -1.59. The van der Waals surface area contributed by atoms with Crippen LogP contribution in [0.4, 0.5) is 0 Å². The molecule has 0 saturated heterocycles. The van der Waals surface area contributed by atoms with Gasteiger partial charge in [-0.05, 0) is 57.3 Å². The monoisotopic (exact) mass is 355 g/mol. The van der Waals surface area contributed by atoms with Crippen molar-refractivity contribution in [1.29, 1.82) is 0 Å². The molecule has 0 amide bonds. The maximum Gasteiger partial charge on any atom is 0.320 e. The van der Waals surface area contributed by atoms with Crippen molar-refractivity contribution >= 4 is 17.7 Å². The zero-order chi connectivity index (χ0) is 19.0. The molecule has 1 rings (SSSR count). The Morgan fingerprint density at radius 3 is 2.48 bits per heavy atom. The highest BCUT2D eigenvalue weighted by molar-refractivity contribution is 5.95. The van der Waals surface area contributed by atoms with Gasteiger partial charge in [0.2, 0.25) is 0 Å². The molecule has 144 valence electrons. The number of nitrogens with zero attached hydrogens (tertiary/aromatic N) is 1. The summed E-state index contributed by atoms with van der Waals surface area (Å²) in [4.78, 5) is 24.9. The number of esters is 2. The molecule has 1 fully saturated rings. The van der Waals surface area contributed by atoms with Crippen LogP contribution in [0.15, 0.2) is 5.16 Å². The van der Waals surface area contributed by atoms with Crippen LogP contribution in [0.2, 0.25) is 0 Å². The Morgan fingerprint density at radius 2 is 1.92 bits per heavy atom. The van der Waals surface area contributed by atoms with Gasteiger partial charge >= 0.3 is 11.9 Å². The predicted molar refractivity (Wildman–Crippen MR) is 95.5 cm³/mol. The van der Waals surface area contributed by atoms with Gasteiger partial charge in [-0.15, -0.1) is 0 Å². The molecule has 1 unspecified atom stereocenters. The second-order valence-electron chi connectivity index (χ2n) is 7.48. The number of hydrogen-bond donors (Lipinski definition) is 1. The van der Waals surface area contributed by atoms with Crippen molar-refractivity contribution in [2.24, 2.45) is 28.8 Å². The highest BCUT2D eigenvalue weighted by Crippen LogP contribution is 2.36. The smallest absolute Gasteiger partial charge is 0.320 e. The third kappa shape index (κ3) is 6.67. The normalized spacial score (nSPS) is 25.5. The number of carbonyl (C=O) groups is 2. The van der Waals surface area contributed by atoms with Crippen LogP contribution in [-0.2, 0) is 19.1 Å². The van der Waals surface area contributed by atoms with Crippen LogP contribution in [0.25, 0.3) is 0 Å². The van der Waals surface area contributed by atoms with Gasteiger partial charge in [0.15, 0.2) is 5.92 Å². The Bertz CT molecular complexity index is 474. The maximum atomic E-state index is 12.7. The molecule has 0 aliphatic heterocycles. The summed E-state index contributed by atoms with van der Waals surface area (Å²) >= 11 is 0. The first-order chi connectivity index (χ1) is 11.8. The number of oxime groups is 1. The standard InChI is InChI=1S/C19H33NO5/c1-6-24-18(21)16(10-8-14(5)20-23)19(22)25-17-11-13(4)7-9-15(17)12(2)3/h12-13,15-17,23H,6-11H2,1-5H3/b20-14+/t13-,15+,16?,17-/m1/s1. The van der Waals surface area contributed by atoms with Crippen LogP contribution in [0.1, 0.15) is 66.7 Å². The van der Waals surface area contributed by atoms with E-state index in [2.05, 4.69) is 25.9 Å². The number of rotatable bonds is 8. The zero-order valence-electron chi connectivity index (χ0n) is 16.2. The summed E-state index contributed by atoms with van der Waals surface area (Å²) in [5.41, 5.74) is 0.466. The molecule has 1 aliphatic rings. The van der Waals surface area contributed by atoms with E-state index in [1.165, 1.54) is 0 Å². The second-order valence-corrected chi connectivity index (χ2v) is 7.48. The molecule has 0 radical (unpaired) electrons. The van der Waals surface area contributed by atoms with Gasteiger partial charge in [-0.3, -0.25) is 9.59 Å². The Labute approximate surface area is 150 Å². The van der Waals surface area contributed by atoms with Gasteiger partial charge in [-0.25, -0.2) is 0 Å². The molecule has 6 heteroatoms. The molecular formula is C19H33NO5. The van der Waals surface area contributed by atoms with Crippen molar-refractivity contribution in [3.63, 3.8) is 0 Å². The largest absolute Gasteiger partial charge is 0.465 e. The van der Waals surface area contributed by atoms with Gasteiger partial charge in [0, 0.05) is 0 Å². The van der Waals surface area contributed by atoms with Gasteiger partial charge in [0.05, 0.1) is 12.3 Å². The van der Waals surface area contributed by atoms with E-state index in [9.17, 15) is 9.59 Å². The van der Waals surface area contributed by atoms with E-state index in [-0.39, 0.29) is 19.1 Å². The molecule has 1 N–H and O–H groups in total. The molecule has 0 bridgehead atoms. The molecule has 6 nitrogen and oxygen atoms in total. The third-order valence-corrected chi connectivity index (χ3v) is 5.05. The van der Waals surface area contributed by atoms with Crippen molar-refractivity contribution in [3.8, 4) is 0 Å². The summed E-state index contributed by atoms with van der Waals surface area (Å²) in [5, 5.41) is 11.9. The lowest BCUT2D eigenvalue weighted by atomic mass is 9.75. The van der Waals surface area contributed by atoms with Crippen LogP contribution in [-0.4, -0.2) is 35.6 Å². The topological polar surface area (TPSA) is 85.2 Å². The van der Waals surface area contributed by atoms with Gasteiger partial charge in [-0.1, -0.05) is 32.3 Å². The van der Waals surface area contributed by atoms with E-state index in [1.807, 2.05) is 0 Å². The second kappa shape index (κ2) is 10.4. The van der Waals surface area contributed by atoms with Gasteiger partial charge in [0.25, 0.3) is 0 Å². The first-order valence-corrected chi connectivity index (χ1v) is 9.34. The molecule has 0 aromatic carbocycles. The first kappa shape index (κ1) is 21.5. The zero-order valence-corrected chi connectivity index (χ0v) is 16.2. The summed E-state index contributed by atoms with van der Waals surface area (Å²) in [6.07, 6.45) is 3.43. The summed E-state index contributed by atoms with van der Waals surface area (Å²) < 4.78 is 10.8. The fourth-order valence-electron chi connectivity index (χ4n) is 3.46. The minimum atomic E-state index is -0.971. The van der Waals surface area contributed by atoms with E-state index in [0.717, 1.165) is 19.3 Å². The lowest BCUT2D eigenvalue weighted by Gasteiger charge is -2.37. The van der Waals surface area contributed by atoms with Crippen LogP contribution >= 0.6 is 0 Å². The number of ether oxygens (including phenoxy) is 2. The average Bonchev–Trinajstić information content (AvgIpc) is 2.54. The van der Waals surface area contributed by atoms with Crippen LogP contribution < -0.4 is 0 Å². The lowest BCUT2D eigenvalue weighted by Crippen LogP contribution is -2.39. The van der Waals surface area contributed by atoms with Gasteiger partial charge < -0.3 is 14.7 Å². The fourth-order valence-corrected chi connectivity index (χ4v) is 3.46. The Balaban J connectivity index is 2.82. The third-order valence-electron chi connectivity index (χ3n) is 5.05. The molecular weight excluding hydrogens is 322 g/mol. The molecule has 25 heavy (non-hydrogen) atoms.